The molecule has 0 bridgehead atoms. The zero-order valence-electron chi connectivity index (χ0n) is 13.0. The van der Waals surface area contributed by atoms with Crippen molar-refractivity contribution in [2.45, 2.75) is 31.9 Å². The first-order chi connectivity index (χ1) is 11.1. The van der Waals surface area contributed by atoms with Crippen molar-refractivity contribution >= 4 is 17.8 Å². The summed E-state index contributed by atoms with van der Waals surface area (Å²) in [6.45, 7) is 2.97. The van der Waals surface area contributed by atoms with Gasteiger partial charge in [0.15, 0.2) is 0 Å². The maximum Gasteiger partial charge on any atom is 0.322 e. The number of rotatable bonds is 8. The van der Waals surface area contributed by atoms with Gasteiger partial charge < -0.3 is 15.4 Å². The second kappa shape index (κ2) is 8.28. The first-order valence-electron chi connectivity index (χ1n) is 7.61. The van der Waals surface area contributed by atoms with Crippen LogP contribution in [0.4, 0.5) is 4.79 Å². The van der Waals surface area contributed by atoms with Gasteiger partial charge in [0.1, 0.15) is 6.04 Å². The lowest BCUT2D eigenvalue weighted by molar-refractivity contribution is -0.126. The van der Waals surface area contributed by atoms with Crippen LogP contribution in [0.5, 0.6) is 0 Å². The van der Waals surface area contributed by atoms with E-state index in [2.05, 4.69) is 16.0 Å². The van der Waals surface area contributed by atoms with Crippen LogP contribution in [0.15, 0.2) is 30.3 Å². The van der Waals surface area contributed by atoms with E-state index in [4.69, 9.17) is 4.74 Å². The topological polar surface area (TPSA) is 96.5 Å². The van der Waals surface area contributed by atoms with E-state index >= 15 is 0 Å². The second-order valence-corrected chi connectivity index (χ2v) is 5.35. The van der Waals surface area contributed by atoms with Crippen molar-refractivity contribution in [1.82, 2.24) is 16.0 Å². The van der Waals surface area contributed by atoms with Gasteiger partial charge in [-0.1, -0.05) is 30.3 Å². The van der Waals surface area contributed by atoms with Crippen molar-refractivity contribution in [2.24, 2.45) is 0 Å². The molecular weight excluding hydrogens is 298 g/mol. The molecule has 1 aromatic rings. The van der Waals surface area contributed by atoms with E-state index in [0.29, 0.717) is 19.6 Å². The normalized spacial score (nSPS) is 18.2. The molecule has 4 amide bonds. The molecule has 0 aliphatic carbocycles. The SMILES string of the molecule is C[C@@H](OCCCNC(=O)C[C@@H]1NC(=O)NC1=O)c1ccccc1. The van der Waals surface area contributed by atoms with Crippen LogP contribution in [0.25, 0.3) is 0 Å². The van der Waals surface area contributed by atoms with E-state index < -0.39 is 18.0 Å². The minimum absolute atomic E-state index is 0.00398. The summed E-state index contributed by atoms with van der Waals surface area (Å²) in [5.41, 5.74) is 1.11. The maximum absolute atomic E-state index is 11.7. The molecule has 7 heteroatoms. The number of ether oxygens (including phenoxy) is 1. The smallest absolute Gasteiger partial charge is 0.322 e. The lowest BCUT2D eigenvalue weighted by Crippen LogP contribution is -2.36. The summed E-state index contributed by atoms with van der Waals surface area (Å²) < 4.78 is 5.70. The minimum atomic E-state index is -0.781. The fourth-order valence-corrected chi connectivity index (χ4v) is 2.24. The molecule has 1 aliphatic rings. The molecule has 1 saturated heterocycles. The van der Waals surface area contributed by atoms with Crippen LogP contribution in [0.1, 0.15) is 31.4 Å². The number of amides is 4. The first-order valence-corrected chi connectivity index (χ1v) is 7.61. The Hall–Kier alpha value is -2.41. The number of nitrogens with one attached hydrogen (secondary N) is 3. The second-order valence-electron chi connectivity index (χ2n) is 5.35. The van der Waals surface area contributed by atoms with Gasteiger partial charge in [0.25, 0.3) is 5.91 Å². The molecule has 1 aliphatic heterocycles. The van der Waals surface area contributed by atoms with Gasteiger partial charge in [-0.2, -0.15) is 0 Å². The Morgan fingerprint density at radius 2 is 2.04 bits per heavy atom. The molecule has 0 aromatic heterocycles. The molecule has 0 unspecified atom stereocenters. The Bertz CT molecular complexity index is 562. The van der Waals surface area contributed by atoms with Gasteiger partial charge in [0.2, 0.25) is 5.91 Å². The summed E-state index contributed by atoms with van der Waals surface area (Å²) in [7, 11) is 0. The van der Waals surface area contributed by atoms with Gasteiger partial charge in [-0.3, -0.25) is 14.9 Å². The predicted octanol–water partition coefficient (Wildman–Crippen LogP) is 0.869. The van der Waals surface area contributed by atoms with E-state index in [9.17, 15) is 14.4 Å². The van der Waals surface area contributed by atoms with E-state index in [0.717, 1.165) is 5.56 Å². The average molecular weight is 319 g/mol. The molecule has 124 valence electrons. The summed E-state index contributed by atoms with van der Waals surface area (Å²) in [5, 5.41) is 7.18. The summed E-state index contributed by atoms with van der Waals surface area (Å²) in [4.78, 5) is 33.9. The number of carbonyl (C=O) groups excluding carboxylic acids is 3. The molecule has 3 N–H and O–H groups in total. The molecule has 1 aromatic carbocycles. The lowest BCUT2D eigenvalue weighted by atomic mass is 10.1. The Morgan fingerprint density at radius 3 is 2.70 bits per heavy atom. The number of carbonyl (C=O) groups is 3. The third kappa shape index (κ3) is 5.37. The number of urea groups is 1. The molecule has 7 nitrogen and oxygen atoms in total. The molecule has 23 heavy (non-hydrogen) atoms. The van der Waals surface area contributed by atoms with Crippen LogP contribution in [-0.4, -0.2) is 37.0 Å². The van der Waals surface area contributed by atoms with Crippen LogP contribution < -0.4 is 16.0 Å². The molecule has 2 rings (SSSR count). The third-order valence-corrected chi connectivity index (χ3v) is 3.53. The molecular formula is C16H21N3O4. The zero-order chi connectivity index (χ0) is 16.7. The maximum atomic E-state index is 11.7. The Kier molecular flexibility index (Phi) is 6.10. The first kappa shape index (κ1) is 17.0. The molecule has 0 radical (unpaired) electrons. The summed E-state index contributed by atoms with van der Waals surface area (Å²) in [6, 6.07) is 8.56. The Morgan fingerprint density at radius 1 is 1.30 bits per heavy atom. The van der Waals surface area contributed by atoms with Gasteiger partial charge in [-0.15, -0.1) is 0 Å². The molecule has 1 fully saturated rings. The molecule has 2 atom stereocenters. The van der Waals surface area contributed by atoms with Crippen LogP contribution in [0, 0.1) is 0 Å². The summed E-state index contributed by atoms with van der Waals surface area (Å²) in [6.07, 6.45) is 0.620. The predicted molar refractivity (Wildman–Crippen MR) is 83.5 cm³/mol. The van der Waals surface area contributed by atoms with E-state index in [1.54, 1.807) is 0 Å². The Labute approximate surface area is 134 Å². The zero-order valence-corrected chi connectivity index (χ0v) is 13.0. The molecule has 1 heterocycles. The molecule has 0 spiro atoms. The Balaban J connectivity index is 1.57. The number of imide groups is 1. The van der Waals surface area contributed by atoms with Gasteiger partial charge in [-0.05, 0) is 18.9 Å². The fourth-order valence-electron chi connectivity index (χ4n) is 2.24. The largest absolute Gasteiger partial charge is 0.374 e. The summed E-state index contributed by atoms with van der Waals surface area (Å²) >= 11 is 0. The monoisotopic (exact) mass is 319 g/mol. The van der Waals surface area contributed by atoms with Gasteiger partial charge in [0.05, 0.1) is 12.5 Å². The quantitative estimate of drug-likeness (QED) is 0.489. The van der Waals surface area contributed by atoms with E-state index in [1.807, 2.05) is 37.3 Å². The minimum Gasteiger partial charge on any atom is -0.374 e. The van der Waals surface area contributed by atoms with Crippen LogP contribution in [0.3, 0.4) is 0 Å². The standard InChI is InChI=1S/C16H21N3O4/c1-11(12-6-3-2-4-7-12)23-9-5-8-17-14(20)10-13-15(21)19-16(22)18-13/h2-4,6-7,11,13H,5,8-10H2,1H3,(H,17,20)(H2,18,19,21,22)/t11-,13+/m1/s1. The average Bonchev–Trinajstić information content (AvgIpc) is 2.85. The van der Waals surface area contributed by atoms with Gasteiger partial charge in [-0.25, -0.2) is 4.79 Å². The third-order valence-electron chi connectivity index (χ3n) is 3.53. The van der Waals surface area contributed by atoms with Crippen LogP contribution >= 0.6 is 0 Å². The van der Waals surface area contributed by atoms with Gasteiger partial charge >= 0.3 is 6.03 Å². The van der Waals surface area contributed by atoms with Crippen molar-refractivity contribution in [3.8, 4) is 0 Å². The summed E-state index contributed by atoms with van der Waals surface area (Å²) in [5.74, 6) is -0.742. The van der Waals surface area contributed by atoms with Crippen LogP contribution in [-0.2, 0) is 14.3 Å². The highest BCUT2D eigenvalue weighted by atomic mass is 16.5. The van der Waals surface area contributed by atoms with E-state index in [1.165, 1.54) is 0 Å². The van der Waals surface area contributed by atoms with Crippen molar-refractivity contribution in [3.63, 3.8) is 0 Å². The highest BCUT2D eigenvalue weighted by Crippen LogP contribution is 2.15. The van der Waals surface area contributed by atoms with E-state index in [-0.39, 0.29) is 18.4 Å². The van der Waals surface area contributed by atoms with Crippen LogP contribution in [0.2, 0.25) is 0 Å². The van der Waals surface area contributed by atoms with Crippen molar-refractivity contribution < 1.29 is 19.1 Å². The number of hydrogen-bond donors (Lipinski definition) is 3. The highest BCUT2D eigenvalue weighted by molar-refractivity contribution is 6.05. The van der Waals surface area contributed by atoms with Gasteiger partial charge in [0, 0.05) is 13.2 Å². The highest BCUT2D eigenvalue weighted by Gasteiger charge is 2.30. The molecule has 0 saturated carbocycles. The number of hydrogen-bond acceptors (Lipinski definition) is 4. The van der Waals surface area contributed by atoms with Crippen molar-refractivity contribution in [2.75, 3.05) is 13.2 Å². The lowest BCUT2D eigenvalue weighted by Gasteiger charge is -2.13. The van der Waals surface area contributed by atoms with Crippen molar-refractivity contribution in [3.05, 3.63) is 35.9 Å². The fraction of sp³-hybridized carbons (Fsp3) is 0.438. The number of benzene rings is 1. The van der Waals surface area contributed by atoms with Crippen molar-refractivity contribution in [1.29, 1.82) is 0 Å².